The highest BCUT2D eigenvalue weighted by Crippen LogP contribution is 2.47. The van der Waals surface area contributed by atoms with E-state index in [0.717, 1.165) is 11.4 Å². The van der Waals surface area contributed by atoms with Gasteiger partial charge in [-0.25, -0.2) is 0 Å². The number of benzene rings is 9. The van der Waals surface area contributed by atoms with Crippen molar-refractivity contribution in [2.75, 3.05) is 4.90 Å². The number of fused-ring (bicyclic) bond motifs is 10. The Balaban J connectivity index is 1.18. The summed E-state index contributed by atoms with van der Waals surface area (Å²) in [7, 11) is 0. The molecule has 0 unspecified atom stereocenters. The molecule has 2 heteroatoms. The van der Waals surface area contributed by atoms with Crippen LogP contribution in [-0.2, 0) is 0 Å². The normalized spacial score (nSPS) is 11.8. The van der Waals surface area contributed by atoms with Gasteiger partial charge in [0, 0.05) is 36.9 Å². The minimum absolute atomic E-state index is 1.13. The van der Waals surface area contributed by atoms with Gasteiger partial charge in [-0.3, -0.25) is 0 Å². The first kappa shape index (κ1) is 27.2. The molecule has 0 bridgehead atoms. The van der Waals surface area contributed by atoms with Crippen LogP contribution in [0.25, 0.3) is 74.4 Å². The van der Waals surface area contributed by atoms with Gasteiger partial charge < -0.3 is 4.90 Å². The lowest BCUT2D eigenvalue weighted by Crippen LogP contribution is -2.10. The van der Waals surface area contributed by atoms with E-state index >= 15 is 0 Å². The largest absolute Gasteiger partial charge is 0.310 e. The molecule has 1 heterocycles. The number of nitrogens with zero attached hydrogens (tertiary/aromatic N) is 1. The number of thiophene rings is 1. The summed E-state index contributed by atoms with van der Waals surface area (Å²) < 4.78 is 2.62. The molecule has 9 aromatic carbocycles. The quantitative estimate of drug-likeness (QED) is 0.176. The molecule has 48 heavy (non-hydrogen) atoms. The second-order valence-electron chi connectivity index (χ2n) is 12.5. The summed E-state index contributed by atoms with van der Waals surface area (Å²) in [5, 5.41) is 12.9. The van der Waals surface area contributed by atoms with Crippen LogP contribution in [0.1, 0.15) is 0 Å². The lowest BCUT2D eigenvalue weighted by atomic mass is 9.90. The van der Waals surface area contributed by atoms with Crippen molar-refractivity contribution in [2.24, 2.45) is 0 Å². The molecule has 1 aromatic heterocycles. The van der Waals surface area contributed by atoms with Gasteiger partial charge in [-0.1, -0.05) is 133 Å². The molecule has 0 atom stereocenters. The van der Waals surface area contributed by atoms with Gasteiger partial charge in [0.25, 0.3) is 0 Å². The third-order valence-electron chi connectivity index (χ3n) is 9.80. The first-order valence-corrected chi connectivity index (χ1v) is 17.3. The fraction of sp³-hybridized carbons (Fsp3) is 0. The first-order chi connectivity index (χ1) is 23.8. The van der Waals surface area contributed by atoms with Crippen LogP contribution in [0, 0.1) is 0 Å². The van der Waals surface area contributed by atoms with Crippen molar-refractivity contribution < 1.29 is 0 Å². The van der Waals surface area contributed by atoms with E-state index in [1.165, 1.54) is 80.1 Å². The van der Waals surface area contributed by atoms with Gasteiger partial charge in [-0.2, -0.15) is 0 Å². The Morgan fingerprint density at radius 1 is 0.354 bits per heavy atom. The average molecular weight is 628 g/mol. The molecule has 0 spiro atoms. The summed E-state index contributed by atoms with van der Waals surface area (Å²) in [4.78, 5) is 2.42. The van der Waals surface area contributed by atoms with Crippen molar-refractivity contribution in [1.29, 1.82) is 0 Å². The summed E-state index contributed by atoms with van der Waals surface area (Å²) in [6, 6.07) is 64.4. The Bertz CT molecular complexity index is 2830. The molecule has 0 saturated carbocycles. The Labute approximate surface area is 282 Å². The highest BCUT2D eigenvalue weighted by Gasteiger charge is 2.20. The van der Waals surface area contributed by atoms with Gasteiger partial charge >= 0.3 is 0 Å². The van der Waals surface area contributed by atoms with E-state index < -0.39 is 0 Å². The van der Waals surface area contributed by atoms with Crippen molar-refractivity contribution >= 4 is 91.7 Å². The van der Waals surface area contributed by atoms with Crippen molar-refractivity contribution in [3.63, 3.8) is 0 Å². The molecular formula is C46H29NS. The van der Waals surface area contributed by atoms with Gasteiger partial charge in [0.2, 0.25) is 0 Å². The molecule has 0 N–H and O–H groups in total. The molecule has 224 valence electrons. The lowest BCUT2D eigenvalue weighted by molar-refractivity contribution is 1.30. The van der Waals surface area contributed by atoms with Gasteiger partial charge in [0.1, 0.15) is 0 Å². The van der Waals surface area contributed by atoms with Crippen molar-refractivity contribution in [3.8, 4) is 11.1 Å². The van der Waals surface area contributed by atoms with Crippen LogP contribution in [-0.4, -0.2) is 0 Å². The van der Waals surface area contributed by atoms with E-state index in [4.69, 9.17) is 0 Å². The zero-order valence-corrected chi connectivity index (χ0v) is 26.9. The maximum absolute atomic E-state index is 2.42. The highest BCUT2D eigenvalue weighted by atomic mass is 32.1. The second-order valence-corrected chi connectivity index (χ2v) is 13.6. The van der Waals surface area contributed by atoms with E-state index in [1.807, 2.05) is 11.3 Å². The van der Waals surface area contributed by atoms with Crippen LogP contribution in [0.2, 0.25) is 0 Å². The summed E-state index contributed by atoms with van der Waals surface area (Å²) in [5.74, 6) is 0. The van der Waals surface area contributed by atoms with Crippen LogP contribution in [0.15, 0.2) is 176 Å². The zero-order valence-electron chi connectivity index (χ0n) is 26.1. The molecule has 0 amide bonds. The smallest absolute Gasteiger partial charge is 0.0554 e. The Morgan fingerprint density at radius 2 is 0.938 bits per heavy atom. The number of rotatable bonds is 4. The number of anilines is 3. The van der Waals surface area contributed by atoms with E-state index in [2.05, 4.69) is 181 Å². The third kappa shape index (κ3) is 4.17. The summed E-state index contributed by atoms with van der Waals surface area (Å²) >= 11 is 1.87. The molecule has 0 aliphatic rings. The van der Waals surface area contributed by atoms with Crippen molar-refractivity contribution in [3.05, 3.63) is 176 Å². The molecule has 0 radical (unpaired) electrons. The predicted molar refractivity (Wildman–Crippen MR) is 209 cm³/mol. The standard InChI is InChI=1S/C46H29NS/c1-2-13-33(14-3-1)47(42-29-44-46(39-19-9-7-17-37(39)42)40-20-10-11-21-43(40)48-44)34-26-24-31(25-27-34)41-28-32-23-22-30-12-4-5-15-35(30)45(32)38-18-8-6-16-36(38)41/h1-29H. The van der Waals surface area contributed by atoms with E-state index in [1.54, 1.807) is 0 Å². The molecule has 10 rings (SSSR count). The molecule has 0 fully saturated rings. The monoisotopic (exact) mass is 627 g/mol. The Hall–Kier alpha value is -5.96. The van der Waals surface area contributed by atoms with Crippen LogP contribution in [0.5, 0.6) is 0 Å². The summed E-state index contributed by atoms with van der Waals surface area (Å²) in [6.45, 7) is 0. The third-order valence-corrected chi connectivity index (χ3v) is 10.9. The van der Waals surface area contributed by atoms with E-state index in [9.17, 15) is 0 Å². The minimum atomic E-state index is 1.13. The maximum atomic E-state index is 2.42. The van der Waals surface area contributed by atoms with Crippen LogP contribution in [0.4, 0.5) is 17.1 Å². The Kier molecular flexibility index (Phi) is 6.12. The van der Waals surface area contributed by atoms with Crippen LogP contribution in [0.3, 0.4) is 0 Å². The molecule has 0 aliphatic carbocycles. The zero-order chi connectivity index (χ0) is 31.6. The fourth-order valence-corrected chi connectivity index (χ4v) is 8.82. The first-order valence-electron chi connectivity index (χ1n) is 16.4. The van der Waals surface area contributed by atoms with Gasteiger partial charge in [-0.05, 0) is 91.3 Å². The topological polar surface area (TPSA) is 3.24 Å². The number of hydrogen-bond donors (Lipinski definition) is 0. The maximum Gasteiger partial charge on any atom is 0.0554 e. The molecule has 0 aliphatic heterocycles. The molecule has 0 saturated heterocycles. The molecule has 10 aromatic rings. The minimum Gasteiger partial charge on any atom is -0.310 e. The number of para-hydroxylation sites is 1. The summed E-state index contributed by atoms with van der Waals surface area (Å²) in [6.07, 6.45) is 0. The second kappa shape index (κ2) is 10.8. The highest BCUT2D eigenvalue weighted by molar-refractivity contribution is 7.26. The SMILES string of the molecule is c1ccc(N(c2ccc(-c3cc4ccc5ccccc5c4c4ccccc34)cc2)c2cc3sc4ccccc4c3c3ccccc23)cc1. The van der Waals surface area contributed by atoms with Crippen molar-refractivity contribution in [1.82, 2.24) is 0 Å². The average Bonchev–Trinajstić information content (AvgIpc) is 3.54. The predicted octanol–water partition coefficient (Wildman–Crippen LogP) is 13.8. The fourth-order valence-electron chi connectivity index (χ4n) is 7.67. The lowest BCUT2D eigenvalue weighted by Gasteiger charge is -2.27. The Morgan fingerprint density at radius 3 is 1.73 bits per heavy atom. The molecular weight excluding hydrogens is 599 g/mol. The van der Waals surface area contributed by atoms with Gasteiger partial charge in [0.05, 0.1) is 5.69 Å². The number of hydrogen-bond acceptors (Lipinski definition) is 2. The summed E-state index contributed by atoms with van der Waals surface area (Å²) in [5.41, 5.74) is 5.92. The van der Waals surface area contributed by atoms with Crippen molar-refractivity contribution in [2.45, 2.75) is 0 Å². The van der Waals surface area contributed by atoms with Gasteiger partial charge in [-0.15, -0.1) is 11.3 Å². The van der Waals surface area contributed by atoms with Crippen LogP contribution >= 0.6 is 11.3 Å². The van der Waals surface area contributed by atoms with Gasteiger partial charge in [0.15, 0.2) is 0 Å². The molecule has 1 nitrogen and oxygen atoms in total. The van der Waals surface area contributed by atoms with E-state index in [0.29, 0.717) is 0 Å². The van der Waals surface area contributed by atoms with Crippen LogP contribution < -0.4 is 4.90 Å². The van der Waals surface area contributed by atoms with E-state index in [-0.39, 0.29) is 0 Å².